The minimum absolute atomic E-state index is 0.0423. The van der Waals surface area contributed by atoms with E-state index in [9.17, 15) is 19.2 Å². The van der Waals surface area contributed by atoms with E-state index in [2.05, 4.69) is 5.32 Å². The molecule has 1 aliphatic heterocycles. The number of carbonyl (C=O) groups is 4. The third-order valence-corrected chi connectivity index (χ3v) is 4.26. The van der Waals surface area contributed by atoms with Crippen molar-refractivity contribution >= 4 is 29.3 Å². The maximum atomic E-state index is 12.3. The van der Waals surface area contributed by atoms with Crippen molar-refractivity contribution in [2.75, 3.05) is 25.6 Å². The van der Waals surface area contributed by atoms with Gasteiger partial charge in [0.1, 0.15) is 0 Å². The summed E-state index contributed by atoms with van der Waals surface area (Å²) in [6, 6.07) is 11.2. The van der Waals surface area contributed by atoms with E-state index in [1.165, 1.54) is 13.2 Å². The summed E-state index contributed by atoms with van der Waals surface area (Å²) < 4.78 is 10.4. The Hall–Kier alpha value is -3.88. The lowest BCUT2D eigenvalue weighted by Gasteiger charge is -2.14. The number of nitrogens with one attached hydrogen (secondary N) is 1. The molecule has 2 aromatic carbocycles. The smallest absolute Gasteiger partial charge is 0.261 e. The molecule has 3 rings (SSSR count). The van der Waals surface area contributed by atoms with E-state index in [0.717, 1.165) is 4.90 Å². The first kappa shape index (κ1) is 19.9. The number of hydrogen-bond acceptors (Lipinski definition) is 6. The summed E-state index contributed by atoms with van der Waals surface area (Å²) in [7, 11) is 1.44. The van der Waals surface area contributed by atoms with Crippen LogP contribution < -0.4 is 20.5 Å². The lowest BCUT2D eigenvalue weighted by atomic mass is 10.1. The molecule has 0 aromatic heterocycles. The van der Waals surface area contributed by atoms with Gasteiger partial charge in [-0.05, 0) is 24.3 Å². The average Bonchev–Trinajstić information content (AvgIpc) is 2.95. The molecule has 3 N–H and O–H groups in total. The molecular weight excluding hydrogens is 378 g/mol. The zero-order chi connectivity index (χ0) is 21.0. The number of methoxy groups -OCH3 is 1. The second-order valence-corrected chi connectivity index (χ2v) is 6.23. The van der Waals surface area contributed by atoms with E-state index < -0.39 is 23.6 Å². The third-order valence-electron chi connectivity index (χ3n) is 4.26. The quantitative estimate of drug-likeness (QED) is 0.644. The largest absolute Gasteiger partial charge is 0.493 e. The predicted octanol–water partition coefficient (Wildman–Crippen LogP) is 1.18. The number of anilines is 1. The third kappa shape index (κ3) is 4.34. The van der Waals surface area contributed by atoms with E-state index in [1.807, 2.05) is 0 Å². The number of nitrogens with two attached hydrogens (primary N) is 1. The Morgan fingerprint density at radius 3 is 2.28 bits per heavy atom. The molecule has 9 nitrogen and oxygen atoms in total. The summed E-state index contributed by atoms with van der Waals surface area (Å²) in [5.74, 6) is -1.26. The number of rotatable bonds is 8. The van der Waals surface area contributed by atoms with Crippen LogP contribution in [0.5, 0.6) is 11.5 Å². The van der Waals surface area contributed by atoms with Gasteiger partial charge in [-0.15, -0.1) is 0 Å². The summed E-state index contributed by atoms with van der Waals surface area (Å²) >= 11 is 0. The zero-order valence-electron chi connectivity index (χ0n) is 15.6. The number of imide groups is 1. The molecule has 0 saturated heterocycles. The Bertz CT molecular complexity index is 953. The molecule has 9 heteroatoms. The average molecular weight is 397 g/mol. The molecule has 0 bridgehead atoms. The van der Waals surface area contributed by atoms with Crippen LogP contribution in [0, 0.1) is 0 Å². The zero-order valence-corrected chi connectivity index (χ0v) is 15.6. The first-order valence-electron chi connectivity index (χ1n) is 8.75. The molecule has 1 heterocycles. The molecule has 0 atom stereocenters. The SMILES string of the molecule is COc1ccc(NC(=O)CCN2C(=O)c3ccccc3C2=O)cc1OCC(N)=O. The molecule has 0 radical (unpaired) electrons. The van der Waals surface area contributed by atoms with Crippen LogP contribution in [0.1, 0.15) is 27.1 Å². The Balaban J connectivity index is 1.61. The highest BCUT2D eigenvalue weighted by atomic mass is 16.5. The van der Waals surface area contributed by atoms with E-state index in [4.69, 9.17) is 15.2 Å². The van der Waals surface area contributed by atoms with Crippen molar-refractivity contribution in [3.8, 4) is 11.5 Å². The summed E-state index contributed by atoms with van der Waals surface area (Å²) in [4.78, 5) is 48.9. The summed E-state index contributed by atoms with van der Waals surface area (Å²) in [6.07, 6.45) is -0.0744. The lowest BCUT2D eigenvalue weighted by Crippen LogP contribution is -2.32. The molecule has 150 valence electrons. The van der Waals surface area contributed by atoms with Crippen molar-refractivity contribution < 1.29 is 28.7 Å². The topological polar surface area (TPSA) is 128 Å². The van der Waals surface area contributed by atoms with Gasteiger partial charge in [-0.1, -0.05) is 12.1 Å². The summed E-state index contributed by atoms with van der Waals surface area (Å²) in [6.45, 7) is -0.382. The maximum Gasteiger partial charge on any atom is 0.261 e. The van der Waals surface area contributed by atoms with E-state index >= 15 is 0 Å². The van der Waals surface area contributed by atoms with Gasteiger partial charge in [-0.25, -0.2) is 0 Å². The molecule has 0 spiro atoms. The first-order chi connectivity index (χ1) is 13.9. The summed E-state index contributed by atoms with van der Waals surface area (Å²) in [5.41, 5.74) is 6.15. The van der Waals surface area contributed by atoms with E-state index in [0.29, 0.717) is 22.6 Å². The minimum Gasteiger partial charge on any atom is -0.493 e. The minimum atomic E-state index is -0.651. The summed E-state index contributed by atoms with van der Waals surface area (Å²) in [5, 5.41) is 2.66. The molecule has 29 heavy (non-hydrogen) atoms. The maximum absolute atomic E-state index is 12.3. The normalized spacial score (nSPS) is 12.5. The van der Waals surface area contributed by atoms with Gasteiger partial charge in [0.2, 0.25) is 5.91 Å². The van der Waals surface area contributed by atoms with E-state index in [1.54, 1.807) is 36.4 Å². The Labute approximate surface area is 166 Å². The number of ether oxygens (including phenoxy) is 2. The number of hydrogen-bond donors (Lipinski definition) is 2. The van der Waals surface area contributed by atoms with Crippen LogP contribution >= 0.6 is 0 Å². The van der Waals surface area contributed by atoms with Gasteiger partial charge in [0.05, 0.1) is 18.2 Å². The standard InChI is InChI=1S/C20H19N3O6/c1-28-15-7-6-12(10-16(15)29-11-17(21)24)22-18(25)8-9-23-19(26)13-4-2-3-5-14(13)20(23)27/h2-7,10H,8-9,11H2,1H3,(H2,21,24)(H,22,25). The molecular formula is C20H19N3O6. The van der Waals surface area contributed by atoms with Crippen molar-refractivity contribution in [2.45, 2.75) is 6.42 Å². The molecule has 0 aliphatic carbocycles. The molecule has 4 amide bonds. The molecule has 1 aliphatic rings. The number of primary amides is 1. The Morgan fingerprint density at radius 1 is 1.03 bits per heavy atom. The number of carbonyl (C=O) groups excluding carboxylic acids is 4. The highest BCUT2D eigenvalue weighted by Crippen LogP contribution is 2.30. The Kier molecular flexibility index (Phi) is 5.77. The van der Waals surface area contributed by atoms with Crippen LogP contribution in [0.25, 0.3) is 0 Å². The van der Waals surface area contributed by atoms with Crippen molar-refractivity contribution in [3.05, 3.63) is 53.6 Å². The van der Waals surface area contributed by atoms with Gasteiger partial charge in [0, 0.05) is 24.7 Å². The van der Waals surface area contributed by atoms with Crippen LogP contribution in [-0.4, -0.2) is 48.8 Å². The highest BCUT2D eigenvalue weighted by molar-refractivity contribution is 6.21. The van der Waals surface area contributed by atoms with Crippen LogP contribution in [-0.2, 0) is 9.59 Å². The number of amides is 4. The Morgan fingerprint density at radius 2 is 1.69 bits per heavy atom. The van der Waals surface area contributed by atoms with E-state index in [-0.39, 0.29) is 25.3 Å². The van der Waals surface area contributed by atoms with Crippen molar-refractivity contribution in [1.82, 2.24) is 4.90 Å². The predicted molar refractivity (Wildman–Crippen MR) is 103 cm³/mol. The molecule has 0 fully saturated rings. The number of nitrogens with zero attached hydrogens (tertiary/aromatic N) is 1. The second kappa shape index (κ2) is 8.42. The number of benzene rings is 2. The van der Waals surface area contributed by atoms with Crippen LogP contribution in [0.3, 0.4) is 0 Å². The van der Waals surface area contributed by atoms with Crippen LogP contribution in [0.4, 0.5) is 5.69 Å². The molecule has 0 unspecified atom stereocenters. The van der Waals surface area contributed by atoms with Gasteiger partial charge in [0.15, 0.2) is 18.1 Å². The van der Waals surface area contributed by atoms with Crippen molar-refractivity contribution in [3.63, 3.8) is 0 Å². The van der Waals surface area contributed by atoms with Gasteiger partial charge in [0.25, 0.3) is 17.7 Å². The second-order valence-electron chi connectivity index (χ2n) is 6.23. The van der Waals surface area contributed by atoms with Crippen molar-refractivity contribution in [2.24, 2.45) is 5.73 Å². The molecule has 0 saturated carbocycles. The van der Waals surface area contributed by atoms with Gasteiger partial charge >= 0.3 is 0 Å². The fourth-order valence-corrected chi connectivity index (χ4v) is 2.90. The first-order valence-corrected chi connectivity index (χ1v) is 8.75. The van der Waals surface area contributed by atoms with Crippen molar-refractivity contribution in [1.29, 1.82) is 0 Å². The van der Waals surface area contributed by atoms with Gasteiger partial charge in [-0.3, -0.25) is 24.1 Å². The lowest BCUT2D eigenvalue weighted by molar-refractivity contribution is -0.120. The van der Waals surface area contributed by atoms with Gasteiger partial charge in [-0.2, -0.15) is 0 Å². The highest BCUT2D eigenvalue weighted by Gasteiger charge is 2.34. The monoisotopic (exact) mass is 397 g/mol. The van der Waals surface area contributed by atoms with Crippen LogP contribution in [0.2, 0.25) is 0 Å². The molecule has 2 aromatic rings. The fraction of sp³-hybridized carbons (Fsp3) is 0.200. The number of fused-ring (bicyclic) bond motifs is 1. The fourth-order valence-electron chi connectivity index (χ4n) is 2.90. The van der Waals surface area contributed by atoms with Crippen LogP contribution in [0.15, 0.2) is 42.5 Å². The van der Waals surface area contributed by atoms with Gasteiger partial charge < -0.3 is 20.5 Å².